The van der Waals surface area contributed by atoms with Gasteiger partial charge in [0.15, 0.2) is 0 Å². The summed E-state index contributed by atoms with van der Waals surface area (Å²) < 4.78 is 27.3. The third kappa shape index (κ3) is 9.33. The van der Waals surface area contributed by atoms with Crippen LogP contribution in [0.3, 0.4) is 0 Å². The van der Waals surface area contributed by atoms with Crippen LogP contribution in [0.25, 0.3) is 0 Å². The number of nitrogens with zero attached hydrogens (tertiary/aromatic N) is 2. The summed E-state index contributed by atoms with van der Waals surface area (Å²) in [5.74, 6) is -0.552. The lowest BCUT2D eigenvalue weighted by Crippen LogP contribution is -2.53. The summed E-state index contributed by atoms with van der Waals surface area (Å²) in [6.07, 6.45) is 1.36. The Morgan fingerprint density at radius 1 is 0.878 bits per heavy atom. The number of nitrogens with one attached hydrogen (secondary N) is 1. The van der Waals surface area contributed by atoms with Gasteiger partial charge in [-0.1, -0.05) is 100.0 Å². The lowest BCUT2D eigenvalue weighted by atomic mass is 10.0. The normalized spacial score (nSPS) is 12.3. The monoisotopic (exact) mass is 597 g/mol. The minimum atomic E-state index is -3.84. The fourth-order valence-corrected chi connectivity index (χ4v) is 5.69. The number of sulfonamides is 1. The summed E-state index contributed by atoms with van der Waals surface area (Å²) in [5, 5.41) is 3.49. The molecule has 3 aromatic rings. The van der Waals surface area contributed by atoms with E-state index in [1.165, 1.54) is 4.90 Å². The number of hydrogen-bond donors (Lipinski definition) is 1. The number of carbonyl (C=O) groups excluding carboxylic acids is 2. The Balaban J connectivity index is 2.09. The van der Waals surface area contributed by atoms with E-state index < -0.39 is 28.5 Å². The molecule has 7 nitrogen and oxygen atoms in total. The van der Waals surface area contributed by atoms with E-state index in [1.54, 1.807) is 30.3 Å². The smallest absolute Gasteiger partial charge is 0.244 e. The largest absolute Gasteiger partial charge is 0.354 e. The SMILES string of the molecule is CC(C)CNC(=O)[C@@H](Cc1ccccc1)N(Cc1cccc(Cl)c1)C(=O)CN(c1ccccc1C(C)C)S(C)(=O)=O. The molecule has 3 rings (SSSR count). The average Bonchev–Trinajstić information content (AvgIpc) is 2.92. The number of hydrogen-bond acceptors (Lipinski definition) is 4. The molecule has 41 heavy (non-hydrogen) atoms. The molecule has 3 aromatic carbocycles. The molecular formula is C32H40ClN3O4S. The summed E-state index contributed by atoms with van der Waals surface area (Å²) in [6.45, 7) is 8.01. The second kappa shape index (κ2) is 14.5. The van der Waals surface area contributed by atoms with Crippen LogP contribution in [0.2, 0.25) is 5.02 Å². The summed E-state index contributed by atoms with van der Waals surface area (Å²) in [5.41, 5.74) is 2.87. The molecule has 2 amide bonds. The number of rotatable bonds is 13. The highest BCUT2D eigenvalue weighted by Gasteiger charge is 2.33. The zero-order valence-electron chi connectivity index (χ0n) is 24.4. The zero-order chi connectivity index (χ0) is 30.2. The van der Waals surface area contributed by atoms with Crippen LogP contribution in [-0.2, 0) is 32.6 Å². The van der Waals surface area contributed by atoms with Gasteiger partial charge in [0, 0.05) is 24.5 Å². The molecule has 0 saturated carbocycles. The predicted molar refractivity (Wildman–Crippen MR) is 167 cm³/mol. The van der Waals surface area contributed by atoms with E-state index in [4.69, 9.17) is 11.6 Å². The lowest BCUT2D eigenvalue weighted by molar-refractivity contribution is -0.140. The maximum Gasteiger partial charge on any atom is 0.244 e. The second-order valence-electron chi connectivity index (χ2n) is 11.0. The predicted octanol–water partition coefficient (Wildman–Crippen LogP) is 5.64. The molecule has 1 N–H and O–H groups in total. The third-order valence-corrected chi connectivity index (χ3v) is 8.07. The zero-order valence-corrected chi connectivity index (χ0v) is 26.0. The second-order valence-corrected chi connectivity index (χ2v) is 13.3. The van der Waals surface area contributed by atoms with Gasteiger partial charge < -0.3 is 10.2 Å². The Labute approximate surface area is 249 Å². The minimum absolute atomic E-state index is 0.0285. The Kier molecular flexibility index (Phi) is 11.4. The van der Waals surface area contributed by atoms with Crippen LogP contribution in [0.15, 0.2) is 78.9 Å². The van der Waals surface area contributed by atoms with Gasteiger partial charge in [0.05, 0.1) is 11.9 Å². The quantitative estimate of drug-likeness (QED) is 0.276. The van der Waals surface area contributed by atoms with E-state index in [1.807, 2.05) is 76.2 Å². The first-order valence-corrected chi connectivity index (χ1v) is 16.0. The van der Waals surface area contributed by atoms with E-state index in [2.05, 4.69) is 5.32 Å². The average molecular weight is 598 g/mol. The molecule has 0 radical (unpaired) electrons. The van der Waals surface area contributed by atoms with Crippen LogP contribution < -0.4 is 9.62 Å². The first kappa shape index (κ1) is 32.2. The van der Waals surface area contributed by atoms with Crippen molar-refractivity contribution >= 4 is 39.1 Å². The van der Waals surface area contributed by atoms with Crippen LogP contribution >= 0.6 is 11.6 Å². The lowest BCUT2D eigenvalue weighted by Gasteiger charge is -2.34. The van der Waals surface area contributed by atoms with Crippen molar-refractivity contribution in [2.45, 2.75) is 52.6 Å². The van der Waals surface area contributed by atoms with Gasteiger partial charge in [0.1, 0.15) is 12.6 Å². The number of anilines is 1. The fraction of sp³-hybridized carbons (Fsp3) is 0.375. The third-order valence-electron chi connectivity index (χ3n) is 6.70. The Morgan fingerprint density at radius 3 is 2.12 bits per heavy atom. The van der Waals surface area contributed by atoms with Crippen LogP contribution in [0.4, 0.5) is 5.69 Å². The van der Waals surface area contributed by atoms with Crippen molar-refractivity contribution in [2.75, 3.05) is 23.7 Å². The van der Waals surface area contributed by atoms with Gasteiger partial charge in [-0.3, -0.25) is 13.9 Å². The highest BCUT2D eigenvalue weighted by atomic mass is 35.5. The van der Waals surface area contributed by atoms with Gasteiger partial charge in [-0.05, 0) is 46.7 Å². The van der Waals surface area contributed by atoms with Crippen molar-refractivity contribution in [3.8, 4) is 0 Å². The van der Waals surface area contributed by atoms with Gasteiger partial charge >= 0.3 is 0 Å². The Bertz CT molecular complexity index is 1430. The van der Waals surface area contributed by atoms with Crippen LogP contribution in [0.5, 0.6) is 0 Å². The fourth-order valence-electron chi connectivity index (χ4n) is 4.61. The van der Waals surface area contributed by atoms with Gasteiger partial charge in [-0.15, -0.1) is 0 Å². The van der Waals surface area contributed by atoms with E-state index in [0.29, 0.717) is 17.3 Å². The van der Waals surface area contributed by atoms with Crippen molar-refractivity contribution in [3.05, 3.63) is 101 Å². The Hall–Kier alpha value is -3.36. The minimum Gasteiger partial charge on any atom is -0.354 e. The van der Waals surface area contributed by atoms with Crippen molar-refractivity contribution in [1.82, 2.24) is 10.2 Å². The molecule has 0 aliphatic rings. The summed E-state index contributed by atoms with van der Waals surface area (Å²) in [4.78, 5) is 29.4. The first-order chi connectivity index (χ1) is 19.4. The van der Waals surface area contributed by atoms with Crippen LogP contribution in [-0.4, -0.2) is 50.5 Å². The molecular weight excluding hydrogens is 558 g/mol. The van der Waals surface area contributed by atoms with E-state index in [9.17, 15) is 18.0 Å². The standard InChI is InChI=1S/C32H40ClN3O4S/c1-23(2)20-34-32(38)30(19-25-12-7-6-8-13-25)35(21-26-14-11-15-27(33)18-26)31(37)22-36(41(5,39)40)29-17-10-9-16-28(29)24(3)4/h6-18,23-24,30H,19-22H2,1-5H3,(H,34,38)/t30-/m1/s1. The number of para-hydroxylation sites is 1. The summed E-state index contributed by atoms with van der Waals surface area (Å²) in [6, 6.07) is 22.9. The molecule has 0 spiro atoms. The molecule has 0 aliphatic carbocycles. The number of carbonyl (C=O) groups is 2. The summed E-state index contributed by atoms with van der Waals surface area (Å²) >= 11 is 6.27. The topological polar surface area (TPSA) is 86.8 Å². The Morgan fingerprint density at radius 2 is 1.51 bits per heavy atom. The molecule has 0 saturated heterocycles. The molecule has 0 unspecified atom stereocenters. The maximum atomic E-state index is 14.2. The van der Waals surface area contributed by atoms with Crippen molar-refractivity contribution in [2.24, 2.45) is 5.92 Å². The summed E-state index contributed by atoms with van der Waals surface area (Å²) in [7, 11) is -3.84. The highest BCUT2D eigenvalue weighted by molar-refractivity contribution is 7.92. The van der Waals surface area contributed by atoms with Gasteiger partial charge in [-0.25, -0.2) is 8.42 Å². The van der Waals surface area contributed by atoms with Gasteiger partial charge in [0.2, 0.25) is 21.8 Å². The van der Waals surface area contributed by atoms with Crippen molar-refractivity contribution < 1.29 is 18.0 Å². The van der Waals surface area contributed by atoms with E-state index in [-0.39, 0.29) is 30.7 Å². The van der Waals surface area contributed by atoms with Gasteiger partial charge in [0.25, 0.3) is 0 Å². The van der Waals surface area contributed by atoms with Crippen molar-refractivity contribution in [3.63, 3.8) is 0 Å². The van der Waals surface area contributed by atoms with Crippen LogP contribution in [0.1, 0.15) is 50.3 Å². The van der Waals surface area contributed by atoms with Gasteiger partial charge in [-0.2, -0.15) is 0 Å². The molecule has 220 valence electrons. The van der Waals surface area contributed by atoms with Crippen molar-refractivity contribution in [1.29, 1.82) is 0 Å². The number of benzene rings is 3. The molecule has 0 bridgehead atoms. The molecule has 0 heterocycles. The molecule has 0 aliphatic heterocycles. The molecule has 0 aromatic heterocycles. The first-order valence-electron chi connectivity index (χ1n) is 13.8. The van der Waals surface area contributed by atoms with Crippen LogP contribution in [0, 0.1) is 5.92 Å². The molecule has 0 fully saturated rings. The highest BCUT2D eigenvalue weighted by Crippen LogP contribution is 2.29. The molecule has 1 atom stereocenters. The number of halogens is 1. The molecule has 9 heteroatoms. The van der Waals surface area contributed by atoms with E-state index >= 15 is 0 Å². The van der Waals surface area contributed by atoms with E-state index in [0.717, 1.165) is 27.3 Å². The number of amides is 2. The maximum absolute atomic E-state index is 14.2.